The predicted molar refractivity (Wildman–Crippen MR) is 81.3 cm³/mol. The van der Waals surface area contributed by atoms with E-state index in [1.54, 1.807) is 24.3 Å². The van der Waals surface area contributed by atoms with Crippen molar-refractivity contribution in [1.29, 1.82) is 0 Å². The van der Waals surface area contributed by atoms with Gasteiger partial charge in [0.1, 0.15) is 17.4 Å². The number of para-hydroxylation sites is 1. The van der Waals surface area contributed by atoms with E-state index in [1.807, 2.05) is 0 Å². The van der Waals surface area contributed by atoms with Crippen molar-refractivity contribution in [3.8, 4) is 0 Å². The Kier molecular flexibility index (Phi) is 2.78. The van der Waals surface area contributed by atoms with Crippen molar-refractivity contribution in [3.05, 3.63) is 51.0 Å². The molecule has 1 aliphatic rings. The van der Waals surface area contributed by atoms with Crippen LogP contribution in [0.4, 0.5) is 5.69 Å². The number of fused-ring (bicyclic) bond motifs is 2. The molecule has 8 nitrogen and oxygen atoms in total. The van der Waals surface area contributed by atoms with Crippen molar-refractivity contribution in [3.63, 3.8) is 0 Å². The smallest absolute Gasteiger partial charge is 0.323 e. The van der Waals surface area contributed by atoms with E-state index in [1.165, 1.54) is 6.33 Å². The van der Waals surface area contributed by atoms with Gasteiger partial charge < -0.3 is 5.11 Å². The van der Waals surface area contributed by atoms with E-state index >= 15 is 0 Å². The van der Waals surface area contributed by atoms with Gasteiger partial charge in [-0.1, -0.05) is 29.5 Å². The monoisotopic (exact) mass is 328 g/mol. The molecule has 23 heavy (non-hydrogen) atoms. The molecule has 0 saturated heterocycles. The third-order valence-corrected chi connectivity index (χ3v) is 4.58. The molecule has 0 fully saturated rings. The second kappa shape index (κ2) is 4.71. The third-order valence-electron chi connectivity index (χ3n) is 3.54. The summed E-state index contributed by atoms with van der Waals surface area (Å²) in [4.78, 5) is 41.7. The van der Waals surface area contributed by atoms with E-state index in [4.69, 9.17) is 5.11 Å². The first kappa shape index (κ1) is 13.6. The number of amides is 1. The van der Waals surface area contributed by atoms with Crippen molar-refractivity contribution >= 4 is 39.4 Å². The van der Waals surface area contributed by atoms with Crippen LogP contribution < -0.4 is 15.0 Å². The molecule has 0 aliphatic carbocycles. The number of anilines is 1. The fourth-order valence-electron chi connectivity index (χ4n) is 2.62. The summed E-state index contributed by atoms with van der Waals surface area (Å²) in [6.45, 7) is -0.464. The highest BCUT2D eigenvalue weighted by molar-refractivity contribution is 7.15. The lowest BCUT2D eigenvalue weighted by atomic mass is 10.1. The summed E-state index contributed by atoms with van der Waals surface area (Å²) in [5.74, 6) is -1.63. The first-order chi connectivity index (χ1) is 11.1. The summed E-state index contributed by atoms with van der Waals surface area (Å²) in [5.41, 5.74) is 0.788. The van der Waals surface area contributed by atoms with Gasteiger partial charge in [-0.05, 0) is 6.07 Å². The lowest BCUT2D eigenvalue weighted by molar-refractivity contribution is -0.136. The fraction of sp³-hybridized carbons (Fsp3) is 0.0714. The Balaban J connectivity index is 2.06. The van der Waals surface area contributed by atoms with Gasteiger partial charge in [-0.15, -0.1) is 0 Å². The van der Waals surface area contributed by atoms with Crippen LogP contribution in [0.25, 0.3) is 10.5 Å². The zero-order valence-electron chi connectivity index (χ0n) is 11.5. The number of aliphatic carboxylic acids is 1. The van der Waals surface area contributed by atoms with Gasteiger partial charge in [-0.25, -0.2) is 4.98 Å². The number of rotatable bonds is 2. The Morgan fingerprint density at radius 2 is 2.04 bits per heavy atom. The molecule has 9 heteroatoms. The molecule has 3 heterocycles. The molecule has 0 atom stereocenters. The number of aromatic nitrogens is 3. The highest BCUT2D eigenvalue weighted by atomic mass is 32.1. The van der Waals surface area contributed by atoms with Gasteiger partial charge in [-0.3, -0.25) is 19.3 Å². The average Bonchev–Trinajstić information content (AvgIpc) is 3.16. The number of carbonyl (C=O) groups is 2. The summed E-state index contributed by atoms with van der Waals surface area (Å²) in [5, 5.41) is 12.9. The van der Waals surface area contributed by atoms with Crippen LogP contribution in [0.15, 0.2) is 35.4 Å². The standard InChI is InChI=1S/C14H8N4O4S/c19-9(20)5-17-8-4-2-1-3-7(8)10(12(17)21)11-13(22)18-14(23-11)15-6-16-18/h1-4,6H,5H2,(H,19,20). The zero-order valence-corrected chi connectivity index (χ0v) is 12.3. The normalized spacial score (nSPS) is 16.2. The molecule has 0 saturated carbocycles. The maximum Gasteiger partial charge on any atom is 0.323 e. The van der Waals surface area contributed by atoms with E-state index in [0.717, 1.165) is 20.8 Å². The molecule has 2 aromatic heterocycles. The number of carboxylic acid groups (broad SMARTS) is 1. The number of benzene rings is 1. The zero-order chi connectivity index (χ0) is 16.1. The molecule has 0 unspecified atom stereocenters. The molecule has 1 aliphatic heterocycles. The SMILES string of the molecule is O=C(O)CN1C(=O)C(=c2sc3ncnn3c2=O)c2ccccc21. The Labute approximate surface area is 131 Å². The molecular formula is C14H8N4O4S. The topological polar surface area (TPSA) is 105 Å². The molecule has 114 valence electrons. The van der Waals surface area contributed by atoms with E-state index in [-0.39, 0.29) is 10.1 Å². The first-order valence-electron chi connectivity index (χ1n) is 6.58. The second-order valence-electron chi connectivity index (χ2n) is 4.87. The molecular weight excluding hydrogens is 320 g/mol. The van der Waals surface area contributed by atoms with E-state index in [9.17, 15) is 14.4 Å². The molecule has 0 bridgehead atoms. The number of carboxylic acids is 1. The van der Waals surface area contributed by atoms with Crippen molar-refractivity contribution in [2.75, 3.05) is 11.4 Å². The van der Waals surface area contributed by atoms with Crippen molar-refractivity contribution in [2.24, 2.45) is 0 Å². The Morgan fingerprint density at radius 3 is 2.78 bits per heavy atom. The molecule has 4 rings (SSSR count). The molecule has 1 aromatic carbocycles. The Bertz CT molecular complexity index is 1080. The minimum atomic E-state index is -1.13. The fourth-order valence-corrected chi connectivity index (χ4v) is 3.59. The maximum absolute atomic E-state index is 12.7. The van der Waals surface area contributed by atoms with Crippen LogP contribution >= 0.6 is 11.3 Å². The van der Waals surface area contributed by atoms with Crippen molar-refractivity contribution in [2.45, 2.75) is 0 Å². The molecule has 0 spiro atoms. The van der Waals surface area contributed by atoms with Gasteiger partial charge in [0.25, 0.3) is 11.5 Å². The van der Waals surface area contributed by atoms with Gasteiger partial charge in [-0.2, -0.15) is 9.61 Å². The molecule has 1 N–H and O–H groups in total. The van der Waals surface area contributed by atoms with Crippen LogP contribution in [0, 0.1) is 0 Å². The lowest BCUT2D eigenvalue weighted by Crippen LogP contribution is -2.35. The highest BCUT2D eigenvalue weighted by Crippen LogP contribution is 2.34. The van der Waals surface area contributed by atoms with Crippen LogP contribution in [0.1, 0.15) is 5.56 Å². The van der Waals surface area contributed by atoms with Crippen LogP contribution in [-0.4, -0.2) is 38.1 Å². The van der Waals surface area contributed by atoms with E-state index < -0.39 is 24.0 Å². The minimum absolute atomic E-state index is 0.198. The highest BCUT2D eigenvalue weighted by Gasteiger charge is 2.35. The summed E-state index contributed by atoms with van der Waals surface area (Å²) in [6.07, 6.45) is 1.27. The average molecular weight is 328 g/mol. The minimum Gasteiger partial charge on any atom is -0.480 e. The predicted octanol–water partition coefficient (Wildman–Crippen LogP) is -0.500. The molecule has 1 amide bonds. The van der Waals surface area contributed by atoms with E-state index in [2.05, 4.69) is 10.1 Å². The molecule has 3 aromatic rings. The third kappa shape index (κ3) is 1.87. The maximum atomic E-state index is 12.7. The number of nitrogens with zero attached hydrogens (tertiary/aromatic N) is 4. The summed E-state index contributed by atoms with van der Waals surface area (Å²) in [6, 6.07) is 6.80. The summed E-state index contributed by atoms with van der Waals surface area (Å²) in [7, 11) is 0. The largest absolute Gasteiger partial charge is 0.480 e. The van der Waals surface area contributed by atoms with Crippen molar-refractivity contribution in [1.82, 2.24) is 14.6 Å². The van der Waals surface area contributed by atoms with Gasteiger partial charge in [0, 0.05) is 5.56 Å². The second-order valence-corrected chi connectivity index (χ2v) is 5.85. The number of carbonyl (C=O) groups excluding carboxylic acids is 1. The Hall–Kier alpha value is -3.07. The van der Waals surface area contributed by atoms with E-state index in [0.29, 0.717) is 16.2 Å². The Morgan fingerprint density at radius 1 is 1.26 bits per heavy atom. The van der Waals surface area contributed by atoms with Crippen LogP contribution in [-0.2, 0) is 9.59 Å². The van der Waals surface area contributed by atoms with Gasteiger partial charge >= 0.3 is 5.97 Å². The lowest BCUT2D eigenvalue weighted by Gasteiger charge is -2.13. The van der Waals surface area contributed by atoms with Gasteiger partial charge in [0.15, 0.2) is 0 Å². The van der Waals surface area contributed by atoms with Gasteiger partial charge in [0.05, 0.1) is 11.3 Å². The number of thiazole rings is 1. The summed E-state index contributed by atoms with van der Waals surface area (Å²) < 4.78 is 1.34. The summed E-state index contributed by atoms with van der Waals surface area (Å²) >= 11 is 1.06. The molecule has 0 radical (unpaired) electrons. The van der Waals surface area contributed by atoms with Crippen molar-refractivity contribution < 1.29 is 14.7 Å². The van der Waals surface area contributed by atoms with Crippen LogP contribution in [0.3, 0.4) is 0 Å². The van der Waals surface area contributed by atoms with Gasteiger partial charge in [0.2, 0.25) is 4.96 Å². The van der Waals surface area contributed by atoms with Crippen LogP contribution in [0.2, 0.25) is 0 Å². The number of hydrogen-bond acceptors (Lipinski definition) is 6. The first-order valence-corrected chi connectivity index (χ1v) is 7.39. The van der Waals surface area contributed by atoms with Crippen LogP contribution in [0.5, 0.6) is 0 Å². The quantitative estimate of drug-likeness (QED) is 0.680. The number of hydrogen-bond donors (Lipinski definition) is 1.